The van der Waals surface area contributed by atoms with Gasteiger partial charge in [-0.05, 0) is 67.9 Å². The molecule has 0 radical (unpaired) electrons. The number of benzene rings is 3. The van der Waals surface area contributed by atoms with Crippen LogP contribution in [0.2, 0.25) is 18.6 Å². The second-order valence-electron chi connectivity index (χ2n) is 11.4. The first-order valence-electron chi connectivity index (χ1n) is 13.6. The Kier molecular flexibility index (Phi) is 6.26. The van der Waals surface area contributed by atoms with Crippen LogP contribution in [0.15, 0.2) is 72.8 Å². The van der Waals surface area contributed by atoms with Gasteiger partial charge in [0.05, 0.1) is 17.5 Å². The van der Waals surface area contributed by atoms with Crippen molar-refractivity contribution >= 4 is 42.9 Å². The predicted molar refractivity (Wildman–Crippen MR) is 153 cm³/mol. The highest BCUT2D eigenvalue weighted by molar-refractivity contribution is 6.71. The third-order valence-corrected chi connectivity index (χ3v) is 11.2. The maximum absolute atomic E-state index is 14.6. The molecule has 3 aliphatic rings. The molecule has 0 unspecified atom stereocenters. The van der Waals surface area contributed by atoms with Crippen molar-refractivity contribution in [2.45, 2.75) is 56.5 Å². The lowest BCUT2D eigenvalue weighted by molar-refractivity contribution is -0.145. The summed E-state index contributed by atoms with van der Waals surface area (Å²) in [6, 6.07) is 23.1. The molecule has 3 aromatic rings. The van der Waals surface area contributed by atoms with E-state index in [0.29, 0.717) is 36.2 Å². The van der Waals surface area contributed by atoms with E-state index in [1.807, 2.05) is 92.8 Å². The van der Waals surface area contributed by atoms with Crippen LogP contribution < -0.4 is 9.80 Å². The molecule has 2 amide bonds. The Balaban J connectivity index is 1.56. The molecule has 202 valence electrons. The second kappa shape index (κ2) is 9.41. The minimum absolute atomic E-state index is 0.00672. The lowest BCUT2D eigenvalue weighted by Gasteiger charge is -2.33. The molecule has 1 fully saturated rings. The number of hydrogen-bond acceptors (Lipinski definition) is 5. The van der Waals surface area contributed by atoms with Crippen molar-refractivity contribution < 1.29 is 24.2 Å². The van der Waals surface area contributed by atoms with Gasteiger partial charge in [0, 0.05) is 41.4 Å². The van der Waals surface area contributed by atoms with E-state index in [4.69, 9.17) is 4.74 Å². The van der Waals surface area contributed by atoms with Gasteiger partial charge in [-0.15, -0.1) is 0 Å². The number of carbonyl (C=O) groups excluding carboxylic acids is 2. The standard InChI is InChI=1S/C31H34N2O5Si/c1-20-29(39(2,3)37)27(17-18-34)38-31(20)24-19-23(32-25-12-8-7-9-21(25)13-16-28(32)35)14-15-26(24)33(30(31)36)22-10-5-4-6-11-22/h4-12,14-15,19-20,27,29,34,37H,13,16-18H2,1-3H3/t20-,27+,29-,31+/m1/s1. The number of para-hydroxylation sites is 2. The summed E-state index contributed by atoms with van der Waals surface area (Å²) >= 11 is 0. The van der Waals surface area contributed by atoms with Crippen molar-refractivity contribution in [3.05, 3.63) is 83.9 Å². The van der Waals surface area contributed by atoms with Gasteiger partial charge in [-0.1, -0.05) is 43.3 Å². The molecule has 7 nitrogen and oxygen atoms in total. The molecule has 3 aromatic carbocycles. The average Bonchev–Trinajstić information content (AvgIpc) is 3.35. The van der Waals surface area contributed by atoms with Crippen LogP contribution in [0.4, 0.5) is 22.7 Å². The Hall–Kier alpha value is -3.30. The van der Waals surface area contributed by atoms with Crippen LogP contribution in [-0.4, -0.2) is 42.7 Å². The maximum Gasteiger partial charge on any atom is 0.268 e. The van der Waals surface area contributed by atoms with E-state index >= 15 is 0 Å². The number of fused-ring (bicyclic) bond motifs is 3. The number of aliphatic hydroxyl groups excluding tert-OH is 1. The lowest BCUT2D eigenvalue weighted by Crippen LogP contribution is -2.45. The van der Waals surface area contributed by atoms with Crippen LogP contribution in [0.3, 0.4) is 0 Å². The van der Waals surface area contributed by atoms with Crippen molar-refractivity contribution in [3.8, 4) is 0 Å². The Bertz CT molecular complexity index is 1440. The van der Waals surface area contributed by atoms with Crippen LogP contribution in [0.1, 0.15) is 30.9 Å². The van der Waals surface area contributed by atoms with E-state index < -0.39 is 20.0 Å². The first kappa shape index (κ1) is 25.9. The van der Waals surface area contributed by atoms with Crippen LogP contribution in [0.25, 0.3) is 0 Å². The molecule has 3 heterocycles. The van der Waals surface area contributed by atoms with Gasteiger partial charge in [0.25, 0.3) is 5.91 Å². The molecule has 0 saturated carbocycles. The SMILES string of the molecule is C[C@@H]1[C@@H]([Si](C)(C)O)[C@H](CCO)O[C@@]12C(=O)N(c1ccccc1)c1ccc(N3C(=O)CCc4ccccc43)cc12. The van der Waals surface area contributed by atoms with Crippen molar-refractivity contribution in [1.82, 2.24) is 0 Å². The molecule has 2 N–H and O–H groups in total. The van der Waals surface area contributed by atoms with Gasteiger partial charge in [0.15, 0.2) is 13.9 Å². The van der Waals surface area contributed by atoms with Gasteiger partial charge < -0.3 is 14.6 Å². The zero-order valence-corrected chi connectivity index (χ0v) is 23.5. The quantitative estimate of drug-likeness (QED) is 0.435. The second-order valence-corrected chi connectivity index (χ2v) is 15.4. The zero-order chi connectivity index (χ0) is 27.5. The number of nitrogens with zero attached hydrogens (tertiary/aromatic N) is 2. The fourth-order valence-electron chi connectivity index (χ4n) is 7.07. The molecule has 0 aromatic heterocycles. The van der Waals surface area contributed by atoms with Gasteiger partial charge in [-0.3, -0.25) is 19.4 Å². The van der Waals surface area contributed by atoms with E-state index in [1.165, 1.54) is 0 Å². The number of carbonyl (C=O) groups is 2. The van der Waals surface area contributed by atoms with E-state index in [1.54, 1.807) is 9.80 Å². The molecule has 1 spiro atoms. The van der Waals surface area contributed by atoms with Gasteiger partial charge in [-0.25, -0.2) is 0 Å². The molecule has 4 atom stereocenters. The Morgan fingerprint density at radius 2 is 1.64 bits per heavy atom. The molecule has 3 aliphatic heterocycles. The highest BCUT2D eigenvalue weighted by Gasteiger charge is 2.66. The minimum atomic E-state index is -2.81. The highest BCUT2D eigenvalue weighted by atomic mass is 28.4. The average molecular weight is 543 g/mol. The summed E-state index contributed by atoms with van der Waals surface area (Å²) in [6.07, 6.45) is 0.970. The third kappa shape index (κ3) is 3.89. The number of anilines is 4. The summed E-state index contributed by atoms with van der Waals surface area (Å²) in [6.45, 7) is 5.63. The number of rotatable bonds is 5. The number of amides is 2. The third-order valence-electron chi connectivity index (χ3n) is 8.65. The number of aryl methyl sites for hydroxylation is 1. The molecule has 39 heavy (non-hydrogen) atoms. The predicted octanol–water partition coefficient (Wildman–Crippen LogP) is 5.16. The number of aliphatic hydroxyl groups is 1. The fraction of sp³-hybridized carbons (Fsp3) is 0.355. The smallest absolute Gasteiger partial charge is 0.268 e. The Morgan fingerprint density at radius 1 is 0.923 bits per heavy atom. The van der Waals surface area contributed by atoms with Crippen LogP contribution in [0, 0.1) is 5.92 Å². The largest absolute Gasteiger partial charge is 0.432 e. The van der Waals surface area contributed by atoms with E-state index in [2.05, 4.69) is 0 Å². The summed E-state index contributed by atoms with van der Waals surface area (Å²) in [5.74, 6) is -0.546. The topological polar surface area (TPSA) is 90.3 Å². The summed E-state index contributed by atoms with van der Waals surface area (Å²) < 4.78 is 6.75. The van der Waals surface area contributed by atoms with Crippen molar-refractivity contribution in [3.63, 3.8) is 0 Å². The maximum atomic E-state index is 14.6. The molecule has 6 rings (SSSR count). The molecular weight excluding hydrogens is 508 g/mol. The first-order chi connectivity index (χ1) is 18.7. The lowest BCUT2D eigenvalue weighted by atomic mass is 9.82. The summed E-state index contributed by atoms with van der Waals surface area (Å²) in [5, 5.41) is 9.87. The normalized spacial score (nSPS) is 26.3. The van der Waals surface area contributed by atoms with Crippen molar-refractivity contribution in [2.24, 2.45) is 5.92 Å². The zero-order valence-electron chi connectivity index (χ0n) is 22.5. The van der Waals surface area contributed by atoms with Crippen LogP contribution in [0.5, 0.6) is 0 Å². The summed E-state index contributed by atoms with van der Waals surface area (Å²) in [7, 11) is -2.81. The minimum Gasteiger partial charge on any atom is -0.432 e. The van der Waals surface area contributed by atoms with Gasteiger partial charge in [-0.2, -0.15) is 0 Å². The molecule has 8 heteroatoms. The van der Waals surface area contributed by atoms with E-state index in [9.17, 15) is 19.5 Å². The van der Waals surface area contributed by atoms with Crippen molar-refractivity contribution in [1.29, 1.82) is 0 Å². The first-order valence-corrected chi connectivity index (χ1v) is 16.7. The van der Waals surface area contributed by atoms with E-state index in [-0.39, 0.29) is 29.9 Å². The summed E-state index contributed by atoms with van der Waals surface area (Å²) in [4.78, 5) is 42.6. The molecule has 0 aliphatic carbocycles. The monoisotopic (exact) mass is 542 g/mol. The summed E-state index contributed by atoms with van der Waals surface area (Å²) in [5.41, 5.74) is 3.16. The van der Waals surface area contributed by atoms with Gasteiger partial charge >= 0.3 is 0 Å². The van der Waals surface area contributed by atoms with Gasteiger partial charge in [0.2, 0.25) is 5.91 Å². The Morgan fingerprint density at radius 3 is 2.36 bits per heavy atom. The molecular formula is C31H34N2O5Si. The highest BCUT2D eigenvalue weighted by Crippen LogP contribution is 2.61. The Labute approximate surface area is 229 Å². The van der Waals surface area contributed by atoms with E-state index in [0.717, 1.165) is 16.9 Å². The fourth-order valence-corrected chi connectivity index (χ4v) is 9.67. The van der Waals surface area contributed by atoms with Crippen molar-refractivity contribution in [2.75, 3.05) is 16.4 Å². The van der Waals surface area contributed by atoms with Crippen LogP contribution in [-0.2, 0) is 26.3 Å². The molecule has 1 saturated heterocycles. The molecule has 0 bridgehead atoms. The number of ether oxygens (including phenoxy) is 1. The number of hydrogen-bond donors (Lipinski definition) is 2. The van der Waals surface area contributed by atoms with Crippen LogP contribution >= 0.6 is 0 Å². The van der Waals surface area contributed by atoms with Gasteiger partial charge in [0.1, 0.15) is 0 Å².